The van der Waals surface area contributed by atoms with Gasteiger partial charge in [-0.15, -0.1) is 0 Å². The summed E-state index contributed by atoms with van der Waals surface area (Å²) in [6, 6.07) is 3.91. The van der Waals surface area contributed by atoms with Gasteiger partial charge in [0.05, 0.1) is 12.0 Å². The normalized spacial score (nSPS) is 26.2. The summed E-state index contributed by atoms with van der Waals surface area (Å²) in [4.78, 5) is 18.8. The zero-order valence-corrected chi connectivity index (χ0v) is 13.3. The van der Waals surface area contributed by atoms with E-state index in [4.69, 9.17) is 9.47 Å². The molecule has 2 atom stereocenters. The van der Waals surface area contributed by atoms with Crippen LogP contribution in [-0.4, -0.2) is 47.7 Å². The minimum absolute atomic E-state index is 0.0382. The number of aromatic nitrogens is 1. The maximum atomic E-state index is 12.5. The van der Waals surface area contributed by atoms with Gasteiger partial charge in [-0.2, -0.15) is 0 Å². The molecular formula is C17H24N2O3. The van der Waals surface area contributed by atoms with Gasteiger partial charge < -0.3 is 14.4 Å². The van der Waals surface area contributed by atoms with Crippen LogP contribution in [0, 0.1) is 12.8 Å². The number of carbonyl (C=O) groups is 1. The Hall–Kier alpha value is -1.62. The maximum Gasteiger partial charge on any atom is 0.228 e. The molecule has 3 heterocycles. The van der Waals surface area contributed by atoms with Gasteiger partial charge in [0.2, 0.25) is 11.8 Å². The molecule has 0 radical (unpaired) electrons. The van der Waals surface area contributed by atoms with Gasteiger partial charge in [-0.25, -0.2) is 4.98 Å². The summed E-state index contributed by atoms with van der Waals surface area (Å²) < 4.78 is 11.4. The molecule has 0 N–H and O–H groups in total. The fourth-order valence-electron chi connectivity index (χ4n) is 3.18. The SMILES string of the molecule is Cc1ccc(OC2CCN(C(=O)[C@H]3CCO[C@H]3C)CC2)nc1. The summed E-state index contributed by atoms with van der Waals surface area (Å²) >= 11 is 0. The van der Waals surface area contributed by atoms with Crippen molar-refractivity contribution in [2.24, 2.45) is 5.92 Å². The molecule has 22 heavy (non-hydrogen) atoms. The molecule has 0 aromatic carbocycles. The third kappa shape index (κ3) is 3.40. The number of nitrogens with zero attached hydrogens (tertiary/aromatic N) is 2. The molecule has 1 aromatic heterocycles. The first-order chi connectivity index (χ1) is 10.6. The van der Waals surface area contributed by atoms with Crippen molar-refractivity contribution >= 4 is 5.91 Å². The van der Waals surface area contributed by atoms with Crippen LogP contribution in [0.25, 0.3) is 0 Å². The summed E-state index contributed by atoms with van der Waals surface area (Å²) in [6.07, 6.45) is 4.60. The van der Waals surface area contributed by atoms with Gasteiger partial charge in [-0.3, -0.25) is 4.79 Å². The number of pyridine rings is 1. The van der Waals surface area contributed by atoms with Gasteiger partial charge in [-0.1, -0.05) is 6.07 Å². The average molecular weight is 304 g/mol. The molecule has 1 amide bonds. The van der Waals surface area contributed by atoms with Gasteiger partial charge in [0, 0.05) is 44.8 Å². The van der Waals surface area contributed by atoms with Crippen LogP contribution in [0.2, 0.25) is 0 Å². The zero-order chi connectivity index (χ0) is 15.5. The van der Waals surface area contributed by atoms with Crippen LogP contribution in [0.15, 0.2) is 18.3 Å². The number of ether oxygens (including phenoxy) is 2. The van der Waals surface area contributed by atoms with E-state index in [2.05, 4.69) is 4.98 Å². The highest BCUT2D eigenvalue weighted by Gasteiger charge is 2.35. The Bertz CT molecular complexity index is 509. The number of piperidine rings is 1. The lowest BCUT2D eigenvalue weighted by atomic mass is 9.99. The number of hydrogen-bond acceptors (Lipinski definition) is 4. The molecule has 0 unspecified atom stereocenters. The van der Waals surface area contributed by atoms with Crippen molar-refractivity contribution in [2.75, 3.05) is 19.7 Å². The predicted molar refractivity (Wildman–Crippen MR) is 82.7 cm³/mol. The highest BCUT2D eigenvalue weighted by Crippen LogP contribution is 2.25. The molecule has 2 aliphatic heterocycles. The molecule has 1 aromatic rings. The van der Waals surface area contributed by atoms with E-state index in [1.165, 1.54) is 0 Å². The Morgan fingerprint density at radius 1 is 1.32 bits per heavy atom. The lowest BCUT2D eigenvalue weighted by molar-refractivity contribution is -0.138. The minimum atomic E-state index is 0.0382. The third-order valence-corrected chi connectivity index (χ3v) is 4.62. The van der Waals surface area contributed by atoms with Crippen molar-refractivity contribution in [3.8, 4) is 5.88 Å². The van der Waals surface area contributed by atoms with E-state index in [1.54, 1.807) is 0 Å². The van der Waals surface area contributed by atoms with Gasteiger partial charge in [-0.05, 0) is 25.8 Å². The quantitative estimate of drug-likeness (QED) is 0.859. The Balaban J connectivity index is 1.49. The fraction of sp³-hybridized carbons (Fsp3) is 0.647. The van der Waals surface area contributed by atoms with Crippen LogP contribution in [0.1, 0.15) is 31.7 Å². The second-order valence-corrected chi connectivity index (χ2v) is 6.29. The number of carbonyl (C=O) groups excluding carboxylic acids is 1. The Morgan fingerprint density at radius 2 is 2.09 bits per heavy atom. The third-order valence-electron chi connectivity index (χ3n) is 4.62. The van der Waals surface area contributed by atoms with E-state index in [0.29, 0.717) is 12.5 Å². The second-order valence-electron chi connectivity index (χ2n) is 6.29. The van der Waals surface area contributed by atoms with Crippen molar-refractivity contribution in [1.29, 1.82) is 0 Å². The van der Waals surface area contributed by atoms with Crippen LogP contribution in [0.5, 0.6) is 5.88 Å². The van der Waals surface area contributed by atoms with E-state index in [-0.39, 0.29) is 24.0 Å². The largest absolute Gasteiger partial charge is 0.474 e. The maximum absolute atomic E-state index is 12.5. The number of aryl methyl sites for hydroxylation is 1. The molecule has 120 valence electrons. The summed E-state index contributed by atoms with van der Waals surface area (Å²) in [5.74, 6) is 0.960. The summed E-state index contributed by atoms with van der Waals surface area (Å²) in [5, 5.41) is 0. The monoisotopic (exact) mass is 304 g/mol. The molecule has 2 saturated heterocycles. The summed E-state index contributed by atoms with van der Waals surface area (Å²) in [6.45, 7) is 6.23. The van der Waals surface area contributed by atoms with Crippen LogP contribution in [-0.2, 0) is 9.53 Å². The number of likely N-dealkylation sites (tertiary alicyclic amines) is 1. The van der Waals surface area contributed by atoms with Gasteiger partial charge in [0.1, 0.15) is 6.10 Å². The number of rotatable bonds is 3. The molecule has 0 spiro atoms. The molecule has 2 fully saturated rings. The van der Waals surface area contributed by atoms with E-state index in [0.717, 1.165) is 37.9 Å². The summed E-state index contributed by atoms with van der Waals surface area (Å²) in [5.41, 5.74) is 1.13. The number of hydrogen-bond donors (Lipinski definition) is 0. The Kier molecular flexibility index (Phi) is 4.62. The molecule has 0 aliphatic carbocycles. The molecule has 5 nitrogen and oxygen atoms in total. The summed E-state index contributed by atoms with van der Waals surface area (Å²) in [7, 11) is 0. The van der Waals surface area contributed by atoms with E-state index >= 15 is 0 Å². The zero-order valence-electron chi connectivity index (χ0n) is 13.3. The van der Waals surface area contributed by atoms with Gasteiger partial charge in [0.15, 0.2) is 0 Å². The van der Waals surface area contributed by atoms with Crippen LogP contribution < -0.4 is 4.74 Å². The average Bonchev–Trinajstić information content (AvgIpc) is 2.96. The van der Waals surface area contributed by atoms with Crippen molar-refractivity contribution in [3.05, 3.63) is 23.9 Å². The van der Waals surface area contributed by atoms with E-state index in [1.807, 2.05) is 37.1 Å². The first kappa shape index (κ1) is 15.3. The fourth-order valence-corrected chi connectivity index (χ4v) is 3.18. The minimum Gasteiger partial charge on any atom is -0.474 e. The van der Waals surface area contributed by atoms with E-state index in [9.17, 15) is 4.79 Å². The first-order valence-electron chi connectivity index (χ1n) is 8.13. The second kappa shape index (κ2) is 6.65. The van der Waals surface area contributed by atoms with Crippen molar-refractivity contribution < 1.29 is 14.3 Å². The van der Waals surface area contributed by atoms with Crippen molar-refractivity contribution in [3.63, 3.8) is 0 Å². The lowest BCUT2D eigenvalue weighted by Crippen LogP contribution is -2.45. The van der Waals surface area contributed by atoms with Crippen molar-refractivity contribution in [1.82, 2.24) is 9.88 Å². The predicted octanol–water partition coefficient (Wildman–Crippen LogP) is 2.18. The van der Waals surface area contributed by atoms with Gasteiger partial charge >= 0.3 is 0 Å². The molecular weight excluding hydrogens is 280 g/mol. The van der Waals surface area contributed by atoms with Crippen LogP contribution >= 0.6 is 0 Å². The van der Waals surface area contributed by atoms with E-state index < -0.39 is 0 Å². The smallest absolute Gasteiger partial charge is 0.228 e. The molecule has 2 aliphatic rings. The molecule has 5 heteroatoms. The highest BCUT2D eigenvalue weighted by molar-refractivity contribution is 5.79. The number of amides is 1. The van der Waals surface area contributed by atoms with Crippen LogP contribution in [0.4, 0.5) is 0 Å². The van der Waals surface area contributed by atoms with Gasteiger partial charge in [0.25, 0.3) is 0 Å². The standard InChI is InChI=1S/C17H24N2O3/c1-12-3-4-16(18-11-12)22-14-5-8-19(9-6-14)17(20)15-7-10-21-13(15)2/h3-4,11,13-15H,5-10H2,1-2H3/t13-,15-/m0/s1. The topological polar surface area (TPSA) is 51.7 Å². The van der Waals surface area contributed by atoms with Crippen LogP contribution in [0.3, 0.4) is 0 Å². The molecule has 0 bridgehead atoms. The highest BCUT2D eigenvalue weighted by atomic mass is 16.5. The molecule has 3 rings (SSSR count). The molecule has 0 saturated carbocycles. The van der Waals surface area contributed by atoms with Crippen molar-refractivity contribution in [2.45, 2.75) is 45.3 Å². The Morgan fingerprint density at radius 3 is 2.68 bits per heavy atom. The lowest BCUT2D eigenvalue weighted by Gasteiger charge is -2.33. The Labute approximate surface area is 131 Å². The first-order valence-corrected chi connectivity index (χ1v) is 8.13.